The van der Waals surface area contributed by atoms with Crippen LogP contribution in [0, 0.1) is 46.3 Å². The normalized spacial score (nSPS) is 51.4. The van der Waals surface area contributed by atoms with Crippen molar-refractivity contribution in [2.24, 2.45) is 46.3 Å². The molecule has 4 heteroatoms. The molecule has 0 aliphatic heterocycles. The van der Waals surface area contributed by atoms with Crippen molar-refractivity contribution in [3.05, 3.63) is 0 Å². The van der Waals surface area contributed by atoms with E-state index in [0.717, 1.165) is 32.1 Å². The highest BCUT2D eigenvalue weighted by molar-refractivity contribution is 5.69. The van der Waals surface area contributed by atoms with Gasteiger partial charge in [-0.15, -0.1) is 0 Å². The van der Waals surface area contributed by atoms with Crippen LogP contribution < -0.4 is 0 Å². The zero-order valence-electron chi connectivity index (χ0n) is 19.8. The summed E-state index contributed by atoms with van der Waals surface area (Å²) in [5, 5.41) is 21.9. The zero-order valence-corrected chi connectivity index (χ0v) is 19.8. The Morgan fingerprint density at radius 3 is 2.43 bits per heavy atom. The second kappa shape index (κ2) is 7.76. The number of carbonyl (C=O) groups excluding carboxylic acids is 1. The van der Waals surface area contributed by atoms with Crippen molar-refractivity contribution >= 4 is 5.97 Å². The van der Waals surface area contributed by atoms with Gasteiger partial charge in [0.05, 0.1) is 18.8 Å². The maximum absolute atomic E-state index is 11.7. The van der Waals surface area contributed by atoms with Gasteiger partial charge in [0.25, 0.3) is 0 Å². The van der Waals surface area contributed by atoms with Crippen LogP contribution in [0.15, 0.2) is 0 Å². The summed E-state index contributed by atoms with van der Waals surface area (Å²) in [6, 6.07) is 0. The first-order chi connectivity index (χ1) is 14.0. The van der Waals surface area contributed by atoms with Crippen molar-refractivity contribution in [3.8, 4) is 0 Å². The highest BCUT2D eigenvalue weighted by Crippen LogP contribution is 2.69. The Labute approximate surface area is 183 Å². The fourth-order valence-corrected chi connectivity index (χ4v) is 9.35. The summed E-state index contributed by atoms with van der Waals surface area (Å²) in [6.45, 7) is 9.35. The molecule has 0 bridgehead atoms. The van der Waals surface area contributed by atoms with Gasteiger partial charge in [-0.2, -0.15) is 0 Å². The molecule has 0 heterocycles. The van der Waals surface area contributed by atoms with Gasteiger partial charge in [-0.3, -0.25) is 4.79 Å². The van der Waals surface area contributed by atoms with Crippen LogP contribution in [0.25, 0.3) is 0 Å². The number of rotatable bonds is 4. The molecule has 4 nitrogen and oxygen atoms in total. The van der Waals surface area contributed by atoms with Gasteiger partial charge in [0.2, 0.25) is 0 Å². The molecule has 4 aliphatic rings. The highest BCUT2D eigenvalue weighted by atomic mass is 16.5. The van der Waals surface area contributed by atoms with E-state index in [0.29, 0.717) is 41.4 Å². The molecule has 4 rings (SSSR count). The molecule has 4 saturated carbocycles. The van der Waals surface area contributed by atoms with Crippen LogP contribution >= 0.6 is 0 Å². The first kappa shape index (κ1) is 22.6. The van der Waals surface area contributed by atoms with Gasteiger partial charge in [0.1, 0.15) is 0 Å². The maximum Gasteiger partial charge on any atom is 0.305 e. The third-order valence-corrected chi connectivity index (χ3v) is 10.8. The van der Waals surface area contributed by atoms with Gasteiger partial charge in [-0.05, 0) is 111 Å². The molecule has 2 N–H and O–H groups in total. The number of methoxy groups -OCH3 is 1. The molecular formula is C26H44O4. The lowest BCUT2D eigenvalue weighted by Crippen LogP contribution is -2.62. The number of fused-ring (bicyclic) bond motifs is 5. The number of ether oxygens (including phenoxy) is 1. The lowest BCUT2D eigenvalue weighted by atomic mass is 9.41. The van der Waals surface area contributed by atoms with Crippen LogP contribution in [-0.2, 0) is 9.53 Å². The summed E-state index contributed by atoms with van der Waals surface area (Å²) in [5.41, 5.74) is -0.199. The summed E-state index contributed by atoms with van der Waals surface area (Å²) < 4.78 is 4.87. The fraction of sp³-hybridized carbons (Fsp3) is 0.962. The molecule has 4 fully saturated rings. The van der Waals surface area contributed by atoms with E-state index >= 15 is 0 Å². The van der Waals surface area contributed by atoms with E-state index in [1.54, 1.807) is 0 Å². The quantitative estimate of drug-likeness (QED) is 0.631. The zero-order chi connectivity index (χ0) is 21.9. The SMILES string of the molecule is COC(=O)CCC(C)C1CCC2C3C[C@](C)(O)[C@@H]4C[C@H](O)CC[C@]4(C)C3CC[C@]12C. The molecule has 0 aromatic rings. The van der Waals surface area contributed by atoms with E-state index in [4.69, 9.17) is 4.74 Å². The molecule has 0 saturated heterocycles. The fourth-order valence-electron chi connectivity index (χ4n) is 9.35. The van der Waals surface area contributed by atoms with Crippen molar-refractivity contribution in [2.45, 2.75) is 104 Å². The van der Waals surface area contributed by atoms with Crippen LogP contribution in [0.4, 0.5) is 0 Å². The minimum absolute atomic E-state index is 0.0907. The maximum atomic E-state index is 11.7. The molecule has 0 aromatic heterocycles. The van der Waals surface area contributed by atoms with E-state index in [1.165, 1.54) is 32.8 Å². The second-order valence-electron chi connectivity index (χ2n) is 12.2. The van der Waals surface area contributed by atoms with Crippen molar-refractivity contribution in [1.82, 2.24) is 0 Å². The summed E-state index contributed by atoms with van der Waals surface area (Å²) in [4.78, 5) is 11.7. The molecule has 30 heavy (non-hydrogen) atoms. The smallest absolute Gasteiger partial charge is 0.305 e. The van der Waals surface area contributed by atoms with E-state index < -0.39 is 5.60 Å². The van der Waals surface area contributed by atoms with Crippen LogP contribution in [0.5, 0.6) is 0 Å². The predicted octanol–water partition coefficient (Wildman–Crippen LogP) is 4.96. The molecular weight excluding hydrogens is 376 g/mol. The first-order valence-corrected chi connectivity index (χ1v) is 12.5. The molecule has 0 spiro atoms. The number of carbonyl (C=O) groups is 1. The second-order valence-corrected chi connectivity index (χ2v) is 12.2. The summed E-state index contributed by atoms with van der Waals surface area (Å²) in [7, 11) is 1.48. The highest BCUT2D eigenvalue weighted by Gasteiger charge is 2.64. The average molecular weight is 421 g/mol. The average Bonchev–Trinajstić information content (AvgIpc) is 3.04. The van der Waals surface area contributed by atoms with Crippen LogP contribution in [0.3, 0.4) is 0 Å². The lowest BCUT2D eigenvalue weighted by molar-refractivity contribution is -0.210. The monoisotopic (exact) mass is 420 g/mol. The molecule has 0 radical (unpaired) electrons. The summed E-state index contributed by atoms with van der Waals surface area (Å²) in [5.74, 6) is 3.27. The predicted molar refractivity (Wildman–Crippen MR) is 118 cm³/mol. The first-order valence-electron chi connectivity index (χ1n) is 12.5. The Morgan fingerprint density at radius 2 is 1.73 bits per heavy atom. The lowest BCUT2D eigenvalue weighted by Gasteiger charge is -2.65. The van der Waals surface area contributed by atoms with Crippen molar-refractivity contribution in [3.63, 3.8) is 0 Å². The molecule has 0 aromatic carbocycles. The molecule has 172 valence electrons. The van der Waals surface area contributed by atoms with E-state index in [-0.39, 0.29) is 23.4 Å². The summed E-state index contributed by atoms with van der Waals surface area (Å²) >= 11 is 0. The van der Waals surface area contributed by atoms with E-state index in [2.05, 4.69) is 27.7 Å². The van der Waals surface area contributed by atoms with Crippen LogP contribution in [0.1, 0.15) is 91.9 Å². The molecule has 4 aliphatic carbocycles. The Bertz CT molecular complexity index is 659. The van der Waals surface area contributed by atoms with Crippen LogP contribution in [-0.4, -0.2) is 35.0 Å². The standard InChI is InChI=1S/C26H44O4/c1-16(6-9-23(28)30-5)19-7-8-20-18-15-26(4,29)22-14-17(27)10-12-25(22,3)21(18)11-13-24(19,20)2/h16-22,27,29H,6-15H2,1-5H3/t16?,17-,18?,19?,20?,21?,22-,24-,25-,26+/m1/s1. The van der Waals surface area contributed by atoms with Gasteiger partial charge in [-0.25, -0.2) is 0 Å². The Kier molecular flexibility index (Phi) is 5.84. The molecule has 10 atom stereocenters. The Hall–Kier alpha value is -0.610. The Balaban J connectivity index is 1.56. The van der Waals surface area contributed by atoms with E-state index in [9.17, 15) is 15.0 Å². The molecule has 0 amide bonds. The largest absolute Gasteiger partial charge is 0.469 e. The van der Waals surface area contributed by atoms with Crippen molar-refractivity contribution in [2.75, 3.05) is 7.11 Å². The number of aliphatic hydroxyl groups is 2. The minimum atomic E-state index is -0.676. The van der Waals surface area contributed by atoms with Gasteiger partial charge in [0, 0.05) is 6.42 Å². The number of hydrogen-bond donors (Lipinski definition) is 2. The van der Waals surface area contributed by atoms with Gasteiger partial charge in [-0.1, -0.05) is 20.8 Å². The topological polar surface area (TPSA) is 66.8 Å². The third-order valence-electron chi connectivity index (χ3n) is 10.8. The minimum Gasteiger partial charge on any atom is -0.469 e. The Morgan fingerprint density at radius 1 is 1.07 bits per heavy atom. The van der Waals surface area contributed by atoms with Crippen molar-refractivity contribution in [1.29, 1.82) is 0 Å². The number of hydrogen-bond acceptors (Lipinski definition) is 4. The van der Waals surface area contributed by atoms with Gasteiger partial charge >= 0.3 is 5.97 Å². The summed E-state index contributed by atoms with van der Waals surface area (Å²) in [6.07, 6.45) is 9.87. The van der Waals surface area contributed by atoms with Crippen molar-refractivity contribution < 1.29 is 19.7 Å². The molecule has 5 unspecified atom stereocenters. The van der Waals surface area contributed by atoms with Gasteiger partial charge in [0.15, 0.2) is 0 Å². The van der Waals surface area contributed by atoms with Crippen LogP contribution in [0.2, 0.25) is 0 Å². The number of aliphatic hydroxyl groups excluding tert-OH is 1. The van der Waals surface area contributed by atoms with E-state index in [1.807, 2.05) is 0 Å². The third kappa shape index (κ3) is 3.45. The number of esters is 1. The van der Waals surface area contributed by atoms with Gasteiger partial charge < -0.3 is 14.9 Å².